The molecule has 50 heavy (non-hydrogen) atoms. The lowest BCUT2D eigenvalue weighted by Gasteiger charge is -2.42. The number of hydrogen-bond acceptors (Lipinski definition) is 11. The summed E-state index contributed by atoms with van der Waals surface area (Å²) in [5, 5.41) is 55.3. The van der Waals surface area contributed by atoms with Crippen LogP contribution in [0.3, 0.4) is 0 Å². The Bertz CT molecular complexity index is 1210. The number of carbonyl (C=O) groups is 3. The Morgan fingerprint density at radius 1 is 0.620 bits per heavy atom. The van der Waals surface area contributed by atoms with E-state index in [1.165, 1.54) is 0 Å². The van der Waals surface area contributed by atoms with E-state index in [0.29, 0.717) is 12.8 Å². The number of carboxylic acids is 2. The molecule has 0 radical (unpaired) electrons. The van der Waals surface area contributed by atoms with Gasteiger partial charge in [-0.05, 0) is 102 Å². The quantitative estimate of drug-likeness (QED) is 0.134. The second-order valence-corrected chi connectivity index (χ2v) is 15.5. The Labute approximate surface area is 291 Å². The summed E-state index contributed by atoms with van der Waals surface area (Å²) in [5.41, 5.74) is 2.36. The topological polar surface area (TPSA) is 241 Å². The summed E-state index contributed by atoms with van der Waals surface area (Å²) in [6, 6.07) is -2.33. The number of nitro groups is 2. The summed E-state index contributed by atoms with van der Waals surface area (Å²) in [6.45, 7) is 0. The molecular weight excluding hydrogens is 656 g/mol. The van der Waals surface area contributed by atoms with Gasteiger partial charge in [-0.1, -0.05) is 0 Å². The van der Waals surface area contributed by atoms with E-state index in [2.05, 4.69) is 10.8 Å². The highest BCUT2D eigenvalue weighted by atomic mass is 16.6. The Balaban J connectivity index is 1.03. The van der Waals surface area contributed by atoms with Gasteiger partial charge in [0.05, 0.1) is 42.2 Å². The van der Waals surface area contributed by atoms with Crippen molar-refractivity contribution in [2.24, 2.45) is 29.6 Å². The zero-order chi connectivity index (χ0) is 35.9. The minimum atomic E-state index is -1.08. The van der Waals surface area contributed by atoms with Gasteiger partial charge in [-0.15, -0.1) is 0 Å². The molecule has 1 amide bonds. The van der Waals surface area contributed by atoms with Crippen LogP contribution in [0, 0.1) is 49.8 Å². The molecule has 0 saturated heterocycles. The van der Waals surface area contributed by atoms with E-state index in [9.17, 15) is 50.0 Å². The Hall–Kier alpha value is -2.95. The Kier molecular flexibility index (Phi) is 13.4. The van der Waals surface area contributed by atoms with E-state index in [-0.39, 0.29) is 79.8 Å². The summed E-state index contributed by atoms with van der Waals surface area (Å²) >= 11 is 0. The summed E-state index contributed by atoms with van der Waals surface area (Å²) in [6.07, 6.45) is 10.6. The number of aliphatic carboxylic acids is 2. The number of nitrogens with zero attached hydrogens (tertiary/aromatic N) is 2. The van der Waals surface area contributed by atoms with Gasteiger partial charge in [-0.25, -0.2) is 5.48 Å². The van der Waals surface area contributed by atoms with Crippen LogP contribution < -0.4 is 10.8 Å². The maximum Gasteiger partial charge on any atom is 0.307 e. The van der Waals surface area contributed by atoms with Gasteiger partial charge in [0.15, 0.2) is 0 Å². The molecule has 5 aliphatic carbocycles. The van der Waals surface area contributed by atoms with Crippen molar-refractivity contribution < 1.29 is 49.1 Å². The third-order valence-electron chi connectivity index (χ3n) is 12.5. The molecule has 5 saturated carbocycles. The number of hydroxylamine groups is 1. The molecule has 5 rings (SSSR count). The van der Waals surface area contributed by atoms with Crippen molar-refractivity contribution in [3.05, 3.63) is 20.2 Å². The van der Waals surface area contributed by atoms with Crippen molar-refractivity contribution in [1.29, 1.82) is 0 Å². The van der Waals surface area contributed by atoms with E-state index in [1.807, 2.05) is 0 Å². The average Bonchev–Trinajstić information content (AvgIpc) is 3.09. The number of ether oxygens (including phenoxy) is 2. The Morgan fingerprint density at radius 3 is 1.66 bits per heavy atom. The smallest absolute Gasteiger partial charge is 0.307 e. The van der Waals surface area contributed by atoms with Crippen molar-refractivity contribution in [2.75, 3.05) is 0 Å². The molecule has 0 bridgehead atoms. The van der Waals surface area contributed by atoms with Crippen LogP contribution in [-0.2, 0) is 23.9 Å². The average molecular weight is 711 g/mol. The van der Waals surface area contributed by atoms with E-state index in [1.54, 1.807) is 0 Å². The number of rotatable bonds is 13. The van der Waals surface area contributed by atoms with Gasteiger partial charge in [0, 0.05) is 47.6 Å². The monoisotopic (exact) mass is 710 g/mol. The van der Waals surface area contributed by atoms with Crippen LogP contribution in [0.25, 0.3) is 0 Å². The first kappa shape index (κ1) is 38.3. The molecule has 0 spiro atoms. The lowest BCUT2D eigenvalue weighted by Crippen LogP contribution is -2.50. The fourth-order valence-corrected chi connectivity index (χ4v) is 9.68. The van der Waals surface area contributed by atoms with Gasteiger partial charge in [-0.2, -0.15) is 0 Å². The fourth-order valence-electron chi connectivity index (χ4n) is 9.68. The third kappa shape index (κ3) is 9.68. The lowest BCUT2D eigenvalue weighted by atomic mass is 9.68. The predicted molar refractivity (Wildman–Crippen MR) is 175 cm³/mol. The van der Waals surface area contributed by atoms with Crippen molar-refractivity contribution in [3.8, 4) is 0 Å². The van der Waals surface area contributed by atoms with Crippen LogP contribution in [0.5, 0.6) is 0 Å². The zero-order valence-corrected chi connectivity index (χ0v) is 28.6. The number of amides is 1. The SMILES string of the molecule is O=C(O)C1CCC([N+](=O)[O-])CC1C(=O)NC1CCC(OC2CCCC(OC3CCC(C(NO)C4CC([N+](=O)[O-])CCC4C(=O)O)CC3)C2)CC1. The first-order valence-corrected chi connectivity index (χ1v) is 18.7. The number of carboxylic acid groups (broad SMARTS) is 2. The minimum absolute atomic E-state index is 0.00113. The summed E-state index contributed by atoms with van der Waals surface area (Å²) < 4.78 is 13.1. The fraction of sp³-hybridized carbons (Fsp3) is 0.912. The van der Waals surface area contributed by atoms with Crippen LogP contribution in [0.15, 0.2) is 0 Å². The molecule has 282 valence electrons. The van der Waals surface area contributed by atoms with Gasteiger partial charge >= 0.3 is 11.9 Å². The predicted octanol–water partition coefficient (Wildman–Crippen LogP) is 3.96. The highest BCUT2D eigenvalue weighted by Crippen LogP contribution is 2.41. The first-order valence-electron chi connectivity index (χ1n) is 18.7. The van der Waals surface area contributed by atoms with E-state index in [4.69, 9.17) is 9.47 Å². The Morgan fingerprint density at radius 2 is 1.14 bits per heavy atom. The van der Waals surface area contributed by atoms with Gasteiger partial charge in [0.25, 0.3) is 0 Å². The maximum absolute atomic E-state index is 13.1. The minimum Gasteiger partial charge on any atom is -0.481 e. The molecule has 5 N–H and O–H groups in total. The molecule has 16 nitrogen and oxygen atoms in total. The van der Waals surface area contributed by atoms with Gasteiger partial charge in [0.2, 0.25) is 18.0 Å². The number of nitrogens with one attached hydrogen (secondary N) is 2. The summed E-state index contributed by atoms with van der Waals surface area (Å²) in [7, 11) is 0. The highest BCUT2D eigenvalue weighted by molar-refractivity contribution is 5.85. The van der Waals surface area contributed by atoms with Crippen molar-refractivity contribution >= 4 is 17.8 Å². The molecule has 0 heterocycles. The van der Waals surface area contributed by atoms with Crippen molar-refractivity contribution in [3.63, 3.8) is 0 Å². The van der Waals surface area contributed by atoms with Crippen LogP contribution in [0.4, 0.5) is 0 Å². The van der Waals surface area contributed by atoms with Crippen LogP contribution >= 0.6 is 0 Å². The molecule has 16 heteroatoms. The van der Waals surface area contributed by atoms with E-state index in [0.717, 1.165) is 64.2 Å². The normalized spacial score (nSPS) is 38.7. The zero-order valence-electron chi connectivity index (χ0n) is 28.6. The van der Waals surface area contributed by atoms with Crippen molar-refractivity contribution in [2.45, 2.75) is 164 Å². The van der Waals surface area contributed by atoms with Crippen LogP contribution in [0.2, 0.25) is 0 Å². The third-order valence-corrected chi connectivity index (χ3v) is 12.5. The second kappa shape index (κ2) is 17.5. The molecule has 0 aromatic heterocycles. The van der Waals surface area contributed by atoms with Gasteiger partial charge in [0.1, 0.15) is 0 Å². The number of carbonyl (C=O) groups excluding carboxylic acids is 1. The van der Waals surface area contributed by atoms with Crippen molar-refractivity contribution in [1.82, 2.24) is 10.8 Å². The molecule has 9 atom stereocenters. The molecule has 5 fully saturated rings. The first-order chi connectivity index (χ1) is 23.9. The second-order valence-electron chi connectivity index (χ2n) is 15.5. The van der Waals surface area contributed by atoms with E-state index >= 15 is 0 Å². The number of hydrogen-bond donors (Lipinski definition) is 5. The van der Waals surface area contributed by atoms with Crippen LogP contribution in [-0.4, -0.2) is 91.7 Å². The maximum atomic E-state index is 13.1. The molecule has 9 unspecified atom stereocenters. The molecular formula is C34H54N4O12. The molecule has 5 aliphatic rings. The van der Waals surface area contributed by atoms with E-state index < -0.39 is 64.6 Å². The highest BCUT2D eigenvalue weighted by Gasteiger charge is 2.47. The van der Waals surface area contributed by atoms with Crippen LogP contribution in [0.1, 0.15) is 116 Å². The molecule has 0 aromatic rings. The van der Waals surface area contributed by atoms with Gasteiger partial charge < -0.3 is 30.2 Å². The standard InChI is InChI=1S/C34H54N4O12/c39-32(30-17-22(38(47)48)9-15-28(30)34(42)43)35-20-6-12-24(13-7-20)50-26-3-1-2-25(18-26)49-23-10-4-19(5-11-23)31(36-44)29-16-21(37(45)46)8-14-27(29)33(40)41/h19-31,36,44H,1-18H2,(H,35,39)(H,40,41)(H,42,43). The molecule has 0 aliphatic heterocycles. The summed E-state index contributed by atoms with van der Waals surface area (Å²) in [5.74, 6) is -5.51. The lowest BCUT2D eigenvalue weighted by molar-refractivity contribution is -0.529. The summed E-state index contributed by atoms with van der Waals surface area (Å²) in [4.78, 5) is 58.8. The molecule has 0 aromatic carbocycles. The van der Waals surface area contributed by atoms with Gasteiger partial charge in [-0.3, -0.25) is 34.6 Å². The largest absolute Gasteiger partial charge is 0.481 e.